The Bertz CT molecular complexity index is 514. The Morgan fingerprint density at radius 3 is 2.44 bits per heavy atom. The molecule has 1 aromatic carbocycles. The van der Waals surface area contributed by atoms with Crippen molar-refractivity contribution in [2.75, 3.05) is 13.2 Å². The molecule has 2 aliphatic rings. The van der Waals surface area contributed by atoms with Crippen LogP contribution in [0.25, 0.3) is 0 Å². The second-order valence-electron chi connectivity index (χ2n) is 4.15. The SMILES string of the molecule is Fc1ccc(S)c2c1[C@@H](F)C(F)(F)C21OCCO1. The van der Waals surface area contributed by atoms with Gasteiger partial charge in [0.05, 0.1) is 13.2 Å². The molecule has 7 heteroatoms. The lowest BCUT2D eigenvalue weighted by Gasteiger charge is -2.30. The van der Waals surface area contributed by atoms with Crippen molar-refractivity contribution in [3.63, 3.8) is 0 Å². The molecule has 1 spiro atoms. The van der Waals surface area contributed by atoms with Gasteiger partial charge < -0.3 is 9.47 Å². The van der Waals surface area contributed by atoms with Gasteiger partial charge in [-0.3, -0.25) is 0 Å². The summed E-state index contributed by atoms with van der Waals surface area (Å²) in [7, 11) is 0. The summed E-state index contributed by atoms with van der Waals surface area (Å²) in [6, 6.07) is 2.08. The summed E-state index contributed by atoms with van der Waals surface area (Å²) in [4.78, 5) is 0.0214. The minimum absolute atomic E-state index is 0.0214. The minimum Gasteiger partial charge on any atom is -0.339 e. The Labute approximate surface area is 105 Å². The van der Waals surface area contributed by atoms with Crippen LogP contribution in [0.5, 0.6) is 0 Å². The summed E-state index contributed by atoms with van der Waals surface area (Å²) in [5.74, 6) is -7.59. The van der Waals surface area contributed by atoms with E-state index in [4.69, 9.17) is 9.47 Å². The van der Waals surface area contributed by atoms with E-state index in [1.54, 1.807) is 0 Å². The van der Waals surface area contributed by atoms with Crippen molar-refractivity contribution in [1.29, 1.82) is 0 Å². The molecule has 2 nitrogen and oxygen atoms in total. The Balaban J connectivity index is 2.34. The van der Waals surface area contributed by atoms with Crippen LogP contribution in [0.1, 0.15) is 17.3 Å². The van der Waals surface area contributed by atoms with Crippen LogP contribution in [-0.2, 0) is 15.3 Å². The highest BCUT2D eigenvalue weighted by atomic mass is 32.1. The van der Waals surface area contributed by atoms with Gasteiger partial charge in [-0.2, -0.15) is 8.78 Å². The standard InChI is InChI=1S/C11H8F4O2S/c12-5-1-2-6(18)8-7(5)9(13)10(14,15)11(8)16-3-4-17-11/h1-2,9,18H,3-4H2/t9-/m1/s1. The van der Waals surface area contributed by atoms with Gasteiger partial charge in [0.1, 0.15) is 5.82 Å². The van der Waals surface area contributed by atoms with E-state index in [0.717, 1.165) is 6.07 Å². The zero-order valence-electron chi connectivity index (χ0n) is 8.92. The van der Waals surface area contributed by atoms with Crippen LogP contribution in [0.3, 0.4) is 0 Å². The number of fused-ring (bicyclic) bond motifs is 2. The Morgan fingerprint density at radius 2 is 1.83 bits per heavy atom. The lowest BCUT2D eigenvalue weighted by Crippen LogP contribution is -2.44. The van der Waals surface area contributed by atoms with Crippen LogP contribution in [0.2, 0.25) is 0 Å². The van der Waals surface area contributed by atoms with Gasteiger partial charge in [0.15, 0.2) is 6.17 Å². The summed E-state index contributed by atoms with van der Waals surface area (Å²) in [5, 5.41) is 0. The van der Waals surface area contributed by atoms with Gasteiger partial charge >= 0.3 is 5.92 Å². The molecule has 1 aliphatic heterocycles. The zero-order chi connectivity index (χ0) is 13.1. The maximum Gasteiger partial charge on any atom is 0.340 e. The van der Waals surface area contributed by atoms with Gasteiger partial charge in [0.25, 0.3) is 5.79 Å². The van der Waals surface area contributed by atoms with Crippen molar-refractivity contribution in [3.05, 3.63) is 29.1 Å². The van der Waals surface area contributed by atoms with Crippen LogP contribution in [0, 0.1) is 5.82 Å². The third-order valence-corrected chi connectivity index (χ3v) is 3.58. The first-order chi connectivity index (χ1) is 8.42. The van der Waals surface area contributed by atoms with E-state index in [1.165, 1.54) is 6.07 Å². The molecule has 1 fully saturated rings. The smallest absolute Gasteiger partial charge is 0.339 e. The fraction of sp³-hybridized carbons (Fsp3) is 0.455. The molecule has 1 atom stereocenters. The van der Waals surface area contributed by atoms with Crippen molar-refractivity contribution < 1.29 is 27.0 Å². The second kappa shape index (κ2) is 3.61. The highest BCUT2D eigenvalue weighted by Crippen LogP contribution is 2.61. The quantitative estimate of drug-likeness (QED) is 0.582. The molecule has 0 saturated carbocycles. The predicted molar refractivity (Wildman–Crippen MR) is 56.0 cm³/mol. The maximum absolute atomic E-state index is 14.0. The fourth-order valence-electron chi connectivity index (χ4n) is 2.44. The number of rotatable bonds is 0. The summed E-state index contributed by atoms with van der Waals surface area (Å²) < 4.78 is 65.3. The average molecular weight is 280 g/mol. The number of benzene rings is 1. The van der Waals surface area contributed by atoms with Crippen LogP contribution in [0.4, 0.5) is 17.6 Å². The zero-order valence-corrected chi connectivity index (χ0v) is 9.82. The van der Waals surface area contributed by atoms with E-state index in [9.17, 15) is 17.6 Å². The van der Waals surface area contributed by atoms with Crippen LogP contribution in [-0.4, -0.2) is 19.1 Å². The van der Waals surface area contributed by atoms with Gasteiger partial charge in [-0.1, -0.05) is 0 Å². The van der Waals surface area contributed by atoms with Gasteiger partial charge in [0.2, 0.25) is 0 Å². The topological polar surface area (TPSA) is 18.5 Å². The van der Waals surface area contributed by atoms with E-state index < -0.39 is 29.3 Å². The first-order valence-electron chi connectivity index (χ1n) is 5.23. The number of halogens is 4. The van der Waals surface area contributed by atoms with Crippen molar-refractivity contribution >= 4 is 12.6 Å². The van der Waals surface area contributed by atoms with E-state index in [2.05, 4.69) is 12.6 Å². The van der Waals surface area contributed by atoms with Crippen LogP contribution < -0.4 is 0 Å². The largest absolute Gasteiger partial charge is 0.340 e. The van der Waals surface area contributed by atoms with Gasteiger partial charge in [-0.15, -0.1) is 12.6 Å². The van der Waals surface area contributed by atoms with Crippen LogP contribution in [0.15, 0.2) is 17.0 Å². The van der Waals surface area contributed by atoms with E-state index >= 15 is 0 Å². The molecule has 1 aliphatic carbocycles. The van der Waals surface area contributed by atoms with E-state index in [-0.39, 0.29) is 23.7 Å². The average Bonchev–Trinajstić information content (AvgIpc) is 2.86. The number of ether oxygens (including phenoxy) is 2. The number of alkyl halides is 3. The highest BCUT2D eigenvalue weighted by molar-refractivity contribution is 7.80. The van der Waals surface area contributed by atoms with Crippen molar-refractivity contribution in [3.8, 4) is 0 Å². The summed E-state index contributed by atoms with van der Waals surface area (Å²) in [6.07, 6.45) is -2.81. The van der Waals surface area contributed by atoms with E-state index in [1.807, 2.05) is 0 Å². The first-order valence-corrected chi connectivity index (χ1v) is 5.68. The highest BCUT2D eigenvalue weighted by Gasteiger charge is 2.72. The van der Waals surface area contributed by atoms with Crippen molar-refractivity contribution in [1.82, 2.24) is 0 Å². The van der Waals surface area contributed by atoms with Crippen molar-refractivity contribution in [2.45, 2.75) is 22.8 Å². The molecule has 3 rings (SSSR count). The molecule has 18 heavy (non-hydrogen) atoms. The lowest BCUT2D eigenvalue weighted by molar-refractivity contribution is -0.308. The molecule has 0 bridgehead atoms. The van der Waals surface area contributed by atoms with Gasteiger partial charge in [-0.25, -0.2) is 8.78 Å². The Morgan fingerprint density at radius 1 is 1.22 bits per heavy atom. The minimum atomic E-state index is -3.98. The molecule has 0 N–H and O–H groups in total. The Kier molecular flexibility index (Phi) is 2.46. The molecule has 0 unspecified atom stereocenters. The number of hydrogen-bond donors (Lipinski definition) is 1. The van der Waals surface area contributed by atoms with E-state index in [0.29, 0.717) is 0 Å². The van der Waals surface area contributed by atoms with Gasteiger partial charge in [-0.05, 0) is 12.1 Å². The molecule has 0 amide bonds. The van der Waals surface area contributed by atoms with Gasteiger partial charge in [0, 0.05) is 16.0 Å². The normalized spacial score (nSPS) is 27.7. The molecule has 98 valence electrons. The summed E-state index contributed by atoms with van der Waals surface area (Å²) in [5.41, 5.74) is -1.07. The summed E-state index contributed by atoms with van der Waals surface area (Å²) in [6.45, 7) is -0.211. The Hall–Kier alpha value is -0.790. The van der Waals surface area contributed by atoms with Crippen molar-refractivity contribution in [2.24, 2.45) is 0 Å². The number of thiol groups is 1. The molecule has 0 aromatic heterocycles. The maximum atomic E-state index is 14.0. The molecular weight excluding hydrogens is 272 g/mol. The molecular formula is C11H8F4O2S. The number of hydrogen-bond acceptors (Lipinski definition) is 3. The third kappa shape index (κ3) is 1.22. The van der Waals surface area contributed by atoms with Crippen LogP contribution >= 0.6 is 12.6 Å². The lowest BCUT2D eigenvalue weighted by atomic mass is 10.1. The first kappa shape index (κ1) is 12.3. The third-order valence-electron chi connectivity index (χ3n) is 3.20. The second-order valence-corrected chi connectivity index (χ2v) is 4.64. The predicted octanol–water partition coefficient (Wildman–Crippen LogP) is 2.97. The fourth-order valence-corrected chi connectivity index (χ4v) is 2.78. The molecule has 1 saturated heterocycles. The molecule has 1 aromatic rings. The molecule has 0 radical (unpaired) electrons. The summed E-state index contributed by atoms with van der Waals surface area (Å²) >= 11 is 3.98. The molecule has 1 heterocycles. The monoisotopic (exact) mass is 280 g/mol.